The number of rotatable bonds is 6. The number of aromatic amines is 1. The molecule has 0 spiro atoms. The Balaban J connectivity index is 1.66. The zero-order valence-corrected chi connectivity index (χ0v) is 15.5. The molecule has 3 aromatic rings. The molecule has 1 aromatic heterocycles. The van der Waals surface area contributed by atoms with Crippen molar-refractivity contribution in [1.82, 2.24) is 15.2 Å². The van der Waals surface area contributed by atoms with Gasteiger partial charge in [-0.1, -0.05) is 65.9 Å². The number of nitrogens with zero attached hydrogens (tertiary/aromatic N) is 2. The third-order valence-electron chi connectivity index (χ3n) is 4.08. The minimum atomic E-state index is -0.270. The van der Waals surface area contributed by atoms with E-state index in [4.69, 9.17) is 0 Å². The fourth-order valence-electron chi connectivity index (χ4n) is 2.47. The van der Waals surface area contributed by atoms with Gasteiger partial charge in [-0.15, -0.1) is 10.2 Å². The van der Waals surface area contributed by atoms with Crippen LogP contribution in [0.5, 0.6) is 0 Å². The maximum absolute atomic E-state index is 12.3. The summed E-state index contributed by atoms with van der Waals surface area (Å²) in [5.41, 5.74) is 4.00. The molecule has 0 fully saturated rings. The molecule has 0 bridgehead atoms. The van der Waals surface area contributed by atoms with E-state index < -0.39 is 0 Å². The van der Waals surface area contributed by atoms with Gasteiger partial charge in [0, 0.05) is 12.0 Å². The second-order valence-corrected chi connectivity index (χ2v) is 7.05. The Labute approximate surface area is 155 Å². The van der Waals surface area contributed by atoms with Crippen LogP contribution in [0.15, 0.2) is 58.5 Å². The van der Waals surface area contributed by atoms with Crippen LogP contribution in [0.2, 0.25) is 0 Å². The number of aryl methyl sites for hydroxylation is 2. The quantitative estimate of drug-likeness (QED) is 0.535. The lowest BCUT2D eigenvalue weighted by molar-refractivity contribution is 0.102. The van der Waals surface area contributed by atoms with Gasteiger partial charge < -0.3 is 0 Å². The molecule has 0 saturated heterocycles. The van der Waals surface area contributed by atoms with Crippen LogP contribution in [0.3, 0.4) is 0 Å². The minimum absolute atomic E-state index is 0.0124. The number of H-pyrrole nitrogens is 1. The fraction of sp³-hybridized carbons (Fsp3) is 0.200. The Bertz CT molecular complexity index is 981. The summed E-state index contributed by atoms with van der Waals surface area (Å²) < 4.78 is 0. The summed E-state index contributed by atoms with van der Waals surface area (Å²) >= 11 is 1.18. The summed E-state index contributed by atoms with van der Waals surface area (Å²) in [7, 11) is 0. The average molecular weight is 365 g/mol. The van der Waals surface area contributed by atoms with Crippen LogP contribution in [0.25, 0.3) is 0 Å². The molecule has 132 valence electrons. The molecule has 0 amide bonds. The number of hydrogen-bond donors (Lipinski definition) is 1. The molecule has 26 heavy (non-hydrogen) atoms. The highest BCUT2D eigenvalue weighted by atomic mass is 32.2. The van der Waals surface area contributed by atoms with Gasteiger partial charge in [0.05, 0.1) is 5.75 Å². The highest BCUT2D eigenvalue weighted by Crippen LogP contribution is 2.14. The van der Waals surface area contributed by atoms with Gasteiger partial charge in [0.1, 0.15) is 5.69 Å². The summed E-state index contributed by atoms with van der Waals surface area (Å²) in [6, 6.07) is 15.3. The summed E-state index contributed by atoms with van der Waals surface area (Å²) in [4.78, 5) is 27.2. The number of thioether (sulfide) groups is 1. The van der Waals surface area contributed by atoms with Crippen LogP contribution in [-0.4, -0.2) is 26.7 Å². The highest BCUT2D eigenvalue weighted by molar-refractivity contribution is 7.99. The van der Waals surface area contributed by atoms with E-state index in [2.05, 4.69) is 15.2 Å². The number of carbonyl (C=O) groups excluding carboxylic acids is 1. The van der Waals surface area contributed by atoms with E-state index in [9.17, 15) is 9.59 Å². The van der Waals surface area contributed by atoms with Crippen LogP contribution in [0.4, 0.5) is 0 Å². The molecule has 0 aliphatic heterocycles. The fourth-order valence-corrected chi connectivity index (χ4v) is 3.17. The maximum Gasteiger partial charge on any atom is 0.273 e. The summed E-state index contributed by atoms with van der Waals surface area (Å²) in [5, 5.41) is 8.45. The number of aromatic nitrogens is 3. The molecular formula is C20H19N3O2S. The van der Waals surface area contributed by atoms with Crippen molar-refractivity contribution in [2.45, 2.75) is 25.4 Å². The summed E-state index contributed by atoms with van der Waals surface area (Å²) in [5.74, 6) is 0.187. The van der Waals surface area contributed by atoms with Gasteiger partial charge in [-0.25, -0.2) is 0 Å². The lowest BCUT2D eigenvalue weighted by Crippen LogP contribution is -2.18. The van der Waals surface area contributed by atoms with Crippen LogP contribution in [-0.2, 0) is 6.42 Å². The monoisotopic (exact) mass is 365 g/mol. The maximum atomic E-state index is 12.3. The summed E-state index contributed by atoms with van der Waals surface area (Å²) in [6.07, 6.45) is 0.433. The molecule has 0 saturated carbocycles. The van der Waals surface area contributed by atoms with Crippen molar-refractivity contribution < 1.29 is 4.79 Å². The first-order valence-corrected chi connectivity index (χ1v) is 9.24. The molecular weight excluding hydrogens is 346 g/mol. The summed E-state index contributed by atoms with van der Waals surface area (Å²) in [6.45, 7) is 3.97. The Morgan fingerprint density at radius 3 is 2.46 bits per heavy atom. The van der Waals surface area contributed by atoms with Crippen molar-refractivity contribution >= 4 is 17.5 Å². The number of nitrogens with one attached hydrogen (secondary N) is 1. The Morgan fingerprint density at radius 2 is 1.77 bits per heavy atom. The largest absolute Gasteiger partial charge is 0.298 e. The van der Waals surface area contributed by atoms with Crippen molar-refractivity contribution in [2.24, 2.45) is 0 Å². The van der Waals surface area contributed by atoms with E-state index in [-0.39, 0.29) is 17.1 Å². The van der Waals surface area contributed by atoms with Crippen molar-refractivity contribution in [2.75, 3.05) is 5.75 Å². The zero-order valence-electron chi connectivity index (χ0n) is 14.7. The second-order valence-electron chi connectivity index (χ2n) is 6.09. The molecule has 2 aromatic carbocycles. The highest BCUT2D eigenvalue weighted by Gasteiger charge is 2.11. The molecule has 0 unspecified atom stereocenters. The lowest BCUT2D eigenvalue weighted by atomic mass is 10.0. The Morgan fingerprint density at radius 1 is 1.04 bits per heavy atom. The van der Waals surface area contributed by atoms with E-state index in [0.29, 0.717) is 22.8 Å². The van der Waals surface area contributed by atoms with E-state index in [0.717, 1.165) is 16.7 Å². The molecule has 5 nitrogen and oxygen atoms in total. The first-order valence-electron chi connectivity index (χ1n) is 8.26. The van der Waals surface area contributed by atoms with Crippen molar-refractivity contribution in [3.05, 3.63) is 86.8 Å². The van der Waals surface area contributed by atoms with Gasteiger partial charge in [-0.3, -0.25) is 14.6 Å². The van der Waals surface area contributed by atoms with E-state index >= 15 is 0 Å². The van der Waals surface area contributed by atoms with Crippen LogP contribution in [0.1, 0.15) is 32.7 Å². The molecule has 0 atom stereocenters. The second kappa shape index (κ2) is 8.10. The first-order chi connectivity index (χ1) is 12.5. The van der Waals surface area contributed by atoms with Gasteiger partial charge in [-0.2, -0.15) is 0 Å². The van der Waals surface area contributed by atoms with E-state index in [1.54, 1.807) is 12.1 Å². The van der Waals surface area contributed by atoms with Crippen molar-refractivity contribution in [3.63, 3.8) is 0 Å². The molecule has 1 heterocycles. The van der Waals surface area contributed by atoms with Crippen LogP contribution in [0, 0.1) is 13.8 Å². The van der Waals surface area contributed by atoms with Gasteiger partial charge in [0.15, 0.2) is 10.9 Å². The predicted octanol–water partition coefficient (Wildman–Crippen LogP) is 3.35. The van der Waals surface area contributed by atoms with Crippen LogP contribution < -0.4 is 5.56 Å². The van der Waals surface area contributed by atoms with Gasteiger partial charge >= 0.3 is 0 Å². The Hall–Kier alpha value is -2.73. The lowest BCUT2D eigenvalue weighted by Gasteiger charge is -2.05. The number of ketones is 1. The minimum Gasteiger partial charge on any atom is -0.298 e. The Kier molecular flexibility index (Phi) is 5.63. The average Bonchev–Trinajstić information content (AvgIpc) is 2.64. The third-order valence-corrected chi connectivity index (χ3v) is 4.94. The van der Waals surface area contributed by atoms with Gasteiger partial charge in [0.25, 0.3) is 5.56 Å². The first kappa shape index (κ1) is 18.1. The number of carbonyl (C=O) groups is 1. The van der Waals surface area contributed by atoms with Gasteiger partial charge in [-0.05, 0) is 25.0 Å². The zero-order chi connectivity index (χ0) is 18.5. The third kappa shape index (κ3) is 4.46. The van der Waals surface area contributed by atoms with Gasteiger partial charge in [0.2, 0.25) is 0 Å². The SMILES string of the molecule is Cc1ccc(C(=O)CSc2nnc(Cc3ccccc3C)c(=O)[nH]2)cc1. The molecule has 6 heteroatoms. The topological polar surface area (TPSA) is 75.7 Å². The smallest absolute Gasteiger partial charge is 0.273 e. The van der Waals surface area contributed by atoms with Crippen molar-refractivity contribution in [1.29, 1.82) is 0 Å². The number of hydrogen-bond acceptors (Lipinski definition) is 5. The predicted molar refractivity (Wildman–Crippen MR) is 103 cm³/mol. The van der Waals surface area contributed by atoms with Crippen molar-refractivity contribution in [3.8, 4) is 0 Å². The number of benzene rings is 2. The molecule has 1 N–H and O–H groups in total. The number of Topliss-reactive ketones (excluding diaryl/α,β-unsaturated/α-hetero) is 1. The molecule has 0 aliphatic rings. The molecule has 0 aliphatic carbocycles. The standard InChI is InChI=1S/C20H19N3O2S/c1-13-7-9-15(10-8-13)18(24)12-26-20-21-19(25)17(22-23-20)11-16-6-4-3-5-14(16)2/h3-10H,11-12H2,1-2H3,(H,21,23,25). The van der Waals surface area contributed by atoms with Crippen LogP contribution >= 0.6 is 11.8 Å². The normalized spacial score (nSPS) is 10.7. The molecule has 0 radical (unpaired) electrons. The molecule has 3 rings (SSSR count). The van der Waals surface area contributed by atoms with E-state index in [1.165, 1.54) is 11.8 Å². The van der Waals surface area contributed by atoms with E-state index in [1.807, 2.05) is 50.2 Å².